The number of nitrogens with one attached hydrogen (secondary N) is 1. The summed E-state index contributed by atoms with van der Waals surface area (Å²) in [6, 6.07) is 3.67. The Kier molecular flexibility index (Phi) is 2.95. The standard InChI is InChI=1S/C11H11N3O2/c1-2-16-11(15)10-13-7-9(14-10)8-3-5-12-6-4-8/h3-7H,2H2,1H3,(H,13,14). The summed E-state index contributed by atoms with van der Waals surface area (Å²) in [5.74, 6) is -0.225. The van der Waals surface area contributed by atoms with Gasteiger partial charge in [-0.25, -0.2) is 9.78 Å². The molecular weight excluding hydrogens is 206 g/mol. The van der Waals surface area contributed by atoms with Crippen LogP contribution in [0.25, 0.3) is 11.3 Å². The van der Waals surface area contributed by atoms with Crippen LogP contribution in [0, 0.1) is 0 Å². The smallest absolute Gasteiger partial charge is 0.374 e. The fourth-order valence-corrected chi connectivity index (χ4v) is 1.30. The van der Waals surface area contributed by atoms with E-state index in [9.17, 15) is 4.79 Å². The minimum Gasteiger partial charge on any atom is -0.460 e. The normalized spacial score (nSPS) is 10.1. The number of rotatable bonds is 3. The first-order valence-corrected chi connectivity index (χ1v) is 4.93. The van der Waals surface area contributed by atoms with Crippen LogP contribution < -0.4 is 0 Å². The largest absolute Gasteiger partial charge is 0.460 e. The Labute approximate surface area is 92.5 Å². The van der Waals surface area contributed by atoms with Gasteiger partial charge in [0.2, 0.25) is 5.82 Å². The molecule has 0 amide bonds. The lowest BCUT2D eigenvalue weighted by Gasteiger charge is -1.97. The molecule has 5 heteroatoms. The molecule has 0 aliphatic rings. The van der Waals surface area contributed by atoms with Crippen molar-refractivity contribution in [2.24, 2.45) is 0 Å². The van der Waals surface area contributed by atoms with Crippen LogP contribution in [0.4, 0.5) is 0 Å². The molecule has 2 rings (SSSR count). The van der Waals surface area contributed by atoms with Gasteiger partial charge in [-0.15, -0.1) is 0 Å². The van der Waals surface area contributed by atoms with Crippen LogP contribution in [-0.2, 0) is 4.74 Å². The number of ether oxygens (including phenoxy) is 1. The van der Waals surface area contributed by atoms with Gasteiger partial charge in [0.15, 0.2) is 0 Å². The number of imidazole rings is 1. The molecule has 82 valence electrons. The number of pyridine rings is 1. The molecule has 0 aliphatic heterocycles. The number of H-pyrrole nitrogens is 1. The predicted octanol–water partition coefficient (Wildman–Crippen LogP) is 1.65. The van der Waals surface area contributed by atoms with Crippen molar-refractivity contribution in [3.05, 3.63) is 36.5 Å². The van der Waals surface area contributed by atoms with E-state index in [0.29, 0.717) is 6.61 Å². The topological polar surface area (TPSA) is 67.9 Å². The van der Waals surface area contributed by atoms with Gasteiger partial charge < -0.3 is 9.72 Å². The Bertz CT molecular complexity index is 479. The monoisotopic (exact) mass is 217 g/mol. The van der Waals surface area contributed by atoms with Crippen LogP contribution in [0.5, 0.6) is 0 Å². The van der Waals surface area contributed by atoms with E-state index in [1.807, 2.05) is 12.1 Å². The van der Waals surface area contributed by atoms with Gasteiger partial charge in [-0.1, -0.05) is 0 Å². The van der Waals surface area contributed by atoms with E-state index < -0.39 is 5.97 Å². The molecule has 1 N–H and O–H groups in total. The van der Waals surface area contributed by atoms with E-state index in [-0.39, 0.29) is 5.82 Å². The molecule has 0 aliphatic carbocycles. The summed E-state index contributed by atoms with van der Waals surface area (Å²) in [7, 11) is 0. The van der Waals surface area contributed by atoms with Gasteiger partial charge in [-0.2, -0.15) is 0 Å². The molecule has 0 saturated carbocycles. The highest BCUT2D eigenvalue weighted by atomic mass is 16.5. The Morgan fingerprint density at radius 3 is 2.88 bits per heavy atom. The summed E-state index contributed by atoms with van der Waals surface area (Å²) in [6.07, 6.45) is 4.96. The maximum Gasteiger partial charge on any atom is 0.374 e. The molecule has 0 bridgehead atoms. The molecular formula is C11H11N3O2. The maximum atomic E-state index is 11.4. The Hall–Kier alpha value is -2.17. The van der Waals surface area contributed by atoms with Crippen molar-refractivity contribution in [1.82, 2.24) is 15.0 Å². The first-order chi connectivity index (χ1) is 7.81. The third-order valence-corrected chi connectivity index (χ3v) is 2.04. The molecule has 16 heavy (non-hydrogen) atoms. The van der Waals surface area contributed by atoms with Crippen molar-refractivity contribution in [1.29, 1.82) is 0 Å². The lowest BCUT2D eigenvalue weighted by molar-refractivity contribution is 0.0513. The molecule has 0 atom stereocenters. The second-order valence-corrected chi connectivity index (χ2v) is 3.10. The van der Waals surface area contributed by atoms with Crippen molar-refractivity contribution in [2.45, 2.75) is 6.92 Å². The summed E-state index contributed by atoms with van der Waals surface area (Å²) in [6.45, 7) is 2.09. The summed E-state index contributed by atoms with van der Waals surface area (Å²) in [5, 5.41) is 0. The highest BCUT2D eigenvalue weighted by molar-refractivity contribution is 5.86. The van der Waals surface area contributed by atoms with Gasteiger partial charge in [0, 0.05) is 18.0 Å². The van der Waals surface area contributed by atoms with E-state index >= 15 is 0 Å². The molecule has 2 heterocycles. The molecule has 2 aromatic heterocycles. The average Bonchev–Trinajstić information content (AvgIpc) is 2.80. The molecule has 5 nitrogen and oxygen atoms in total. The van der Waals surface area contributed by atoms with Crippen LogP contribution >= 0.6 is 0 Å². The Balaban J connectivity index is 2.23. The number of nitrogens with zero attached hydrogens (tertiary/aromatic N) is 2. The van der Waals surface area contributed by atoms with Crippen LogP contribution in [-0.4, -0.2) is 27.5 Å². The summed E-state index contributed by atoms with van der Waals surface area (Å²) in [5.41, 5.74) is 1.70. The van der Waals surface area contributed by atoms with Crippen LogP contribution in [0.15, 0.2) is 30.7 Å². The minimum absolute atomic E-state index is 0.216. The summed E-state index contributed by atoms with van der Waals surface area (Å²) >= 11 is 0. The number of hydrogen-bond acceptors (Lipinski definition) is 4. The van der Waals surface area contributed by atoms with E-state index in [2.05, 4.69) is 15.0 Å². The maximum absolute atomic E-state index is 11.4. The molecule has 0 fully saturated rings. The van der Waals surface area contributed by atoms with E-state index in [1.165, 1.54) is 0 Å². The number of esters is 1. The second-order valence-electron chi connectivity index (χ2n) is 3.10. The molecule has 2 aromatic rings. The fourth-order valence-electron chi connectivity index (χ4n) is 1.30. The number of aromatic nitrogens is 3. The Morgan fingerprint density at radius 2 is 2.19 bits per heavy atom. The lowest BCUT2D eigenvalue weighted by atomic mass is 10.2. The van der Waals surface area contributed by atoms with Gasteiger partial charge in [-0.05, 0) is 19.1 Å². The highest BCUT2D eigenvalue weighted by Crippen LogP contribution is 2.15. The van der Waals surface area contributed by atoms with Gasteiger partial charge in [0.1, 0.15) is 0 Å². The molecule has 0 unspecified atom stereocenters. The van der Waals surface area contributed by atoms with E-state index in [0.717, 1.165) is 11.3 Å². The van der Waals surface area contributed by atoms with Crippen LogP contribution in [0.2, 0.25) is 0 Å². The van der Waals surface area contributed by atoms with Crippen molar-refractivity contribution in [2.75, 3.05) is 6.61 Å². The van der Waals surface area contributed by atoms with Gasteiger partial charge >= 0.3 is 5.97 Å². The van der Waals surface area contributed by atoms with Crippen molar-refractivity contribution < 1.29 is 9.53 Å². The number of carbonyl (C=O) groups excluding carboxylic acids is 1. The summed E-state index contributed by atoms with van der Waals surface area (Å²) < 4.78 is 4.83. The first kappa shape index (κ1) is 10.4. The van der Waals surface area contributed by atoms with Crippen molar-refractivity contribution >= 4 is 5.97 Å². The molecule has 0 saturated heterocycles. The Morgan fingerprint density at radius 1 is 1.44 bits per heavy atom. The molecule has 0 aromatic carbocycles. The van der Waals surface area contributed by atoms with Crippen LogP contribution in [0.3, 0.4) is 0 Å². The zero-order valence-corrected chi connectivity index (χ0v) is 8.80. The number of hydrogen-bond donors (Lipinski definition) is 1. The number of carbonyl (C=O) groups is 1. The average molecular weight is 217 g/mol. The highest BCUT2D eigenvalue weighted by Gasteiger charge is 2.11. The lowest BCUT2D eigenvalue weighted by Crippen LogP contribution is -2.06. The second kappa shape index (κ2) is 4.57. The van der Waals surface area contributed by atoms with E-state index in [4.69, 9.17) is 4.74 Å². The fraction of sp³-hybridized carbons (Fsp3) is 0.182. The minimum atomic E-state index is -0.442. The zero-order chi connectivity index (χ0) is 11.4. The summed E-state index contributed by atoms with van der Waals surface area (Å²) in [4.78, 5) is 22.1. The van der Waals surface area contributed by atoms with Gasteiger partial charge in [0.25, 0.3) is 0 Å². The quantitative estimate of drug-likeness (QED) is 0.794. The van der Waals surface area contributed by atoms with Gasteiger partial charge in [0.05, 0.1) is 18.5 Å². The predicted molar refractivity (Wildman–Crippen MR) is 57.8 cm³/mol. The molecule has 0 radical (unpaired) electrons. The van der Waals surface area contributed by atoms with Crippen molar-refractivity contribution in [3.8, 4) is 11.3 Å². The third-order valence-electron chi connectivity index (χ3n) is 2.04. The van der Waals surface area contributed by atoms with E-state index in [1.54, 1.807) is 25.5 Å². The van der Waals surface area contributed by atoms with Crippen LogP contribution in [0.1, 0.15) is 17.5 Å². The first-order valence-electron chi connectivity index (χ1n) is 4.93. The zero-order valence-electron chi connectivity index (χ0n) is 8.80. The SMILES string of the molecule is CCOC(=O)c1ncc(-c2ccncc2)[nH]1. The third kappa shape index (κ3) is 2.08. The van der Waals surface area contributed by atoms with Gasteiger partial charge in [-0.3, -0.25) is 4.98 Å². The molecule has 0 spiro atoms. The van der Waals surface area contributed by atoms with Crippen molar-refractivity contribution in [3.63, 3.8) is 0 Å². The number of aromatic amines is 1.